The summed E-state index contributed by atoms with van der Waals surface area (Å²) in [5.41, 5.74) is 8.16. The van der Waals surface area contributed by atoms with Crippen molar-refractivity contribution in [2.24, 2.45) is 11.1 Å². The first-order valence-corrected chi connectivity index (χ1v) is 7.17. The molecule has 1 aliphatic rings. The van der Waals surface area contributed by atoms with Crippen LogP contribution in [0.5, 0.6) is 5.75 Å². The summed E-state index contributed by atoms with van der Waals surface area (Å²) in [4.78, 5) is 0. The number of hydrogen-bond acceptors (Lipinski definition) is 3. The molecule has 0 saturated carbocycles. The van der Waals surface area contributed by atoms with E-state index in [-0.39, 0.29) is 17.1 Å². The van der Waals surface area contributed by atoms with E-state index in [1.165, 1.54) is 5.56 Å². The Labute approximate surface area is 120 Å². The lowest BCUT2D eigenvalue weighted by atomic mass is 9.86. The molecule has 1 aliphatic heterocycles. The number of furan rings is 1. The van der Waals surface area contributed by atoms with Gasteiger partial charge in [-0.2, -0.15) is 0 Å². The number of hydrogen-bond donors (Lipinski definition) is 1. The van der Waals surface area contributed by atoms with Crippen molar-refractivity contribution in [3.63, 3.8) is 0 Å². The normalized spacial score (nSPS) is 18.9. The second kappa shape index (κ2) is 4.01. The first kappa shape index (κ1) is 13.5. The molecule has 0 aliphatic carbocycles. The number of rotatable bonds is 1. The molecule has 108 valence electrons. The maximum Gasteiger partial charge on any atom is 0.176 e. The molecule has 2 N–H and O–H groups in total. The summed E-state index contributed by atoms with van der Waals surface area (Å²) in [6, 6.07) is 6.15. The second-order valence-corrected chi connectivity index (χ2v) is 7.50. The van der Waals surface area contributed by atoms with Crippen molar-refractivity contribution in [1.29, 1.82) is 0 Å². The molecule has 0 fully saturated rings. The third-order valence-electron chi connectivity index (χ3n) is 3.98. The Morgan fingerprint density at radius 1 is 1.25 bits per heavy atom. The van der Waals surface area contributed by atoms with Crippen LogP contribution < -0.4 is 10.5 Å². The fraction of sp³-hybridized carbons (Fsp3) is 0.529. The van der Waals surface area contributed by atoms with Crippen LogP contribution in [-0.4, -0.2) is 5.60 Å². The smallest absolute Gasteiger partial charge is 0.176 e. The van der Waals surface area contributed by atoms with E-state index in [4.69, 9.17) is 14.9 Å². The molecule has 0 amide bonds. The summed E-state index contributed by atoms with van der Waals surface area (Å²) in [5, 5.41) is 1.07. The van der Waals surface area contributed by atoms with Gasteiger partial charge in [-0.15, -0.1) is 0 Å². The first-order chi connectivity index (χ1) is 9.17. The lowest BCUT2D eigenvalue weighted by Crippen LogP contribution is -2.25. The average Bonchev–Trinajstić information content (AvgIpc) is 2.85. The summed E-state index contributed by atoms with van der Waals surface area (Å²) < 4.78 is 12.1. The fourth-order valence-corrected chi connectivity index (χ4v) is 2.74. The van der Waals surface area contributed by atoms with Crippen molar-refractivity contribution in [1.82, 2.24) is 0 Å². The predicted molar refractivity (Wildman–Crippen MR) is 81.0 cm³/mol. The van der Waals surface area contributed by atoms with Gasteiger partial charge in [0.05, 0.1) is 6.04 Å². The van der Waals surface area contributed by atoms with Crippen molar-refractivity contribution in [2.75, 3.05) is 0 Å². The van der Waals surface area contributed by atoms with E-state index in [1.54, 1.807) is 0 Å². The molecule has 3 rings (SSSR count). The van der Waals surface area contributed by atoms with Gasteiger partial charge in [0.15, 0.2) is 11.3 Å². The summed E-state index contributed by atoms with van der Waals surface area (Å²) in [7, 11) is 0. The van der Waals surface area contributed by atoms with E-state index < -0.39 is 0 Å². The maximum absolute atomic E-state index is 6.30. The fourth-order valence-electron chi connectivity index (χ4n) is 2.74. The molecule has 1 atom stereocenters. The molecule has 2 aromatic rings. The zero-order chi connectivity index (χ0) is 14.7. The molecule has 0 radical (unpaired) electrons. The van der Waals surface area contributed by atoms with E-state index in [9.17, 15) is 0 Å². The van der Waals surface area contributed by atoms with Gasteiger partial charge in [0, 0.05) is 17.4 Å². The quantitative estimate of drug-likeness (QED) is 0.847. The van der Waals surface area contributed by atoms with Crippen molar-refractivity contribution in [3.05, 3.63) is 29.5 Å². The topological polar surface area (TPSA) is 48.4 Å². The van der Waals surface area contributed by atoms with Gasteiger partial charge in [0.2, 0.25) is 0 Å². The third-order valence-corrected chi connectivity index (χ3v) is 3.98. The lowest BCUT2D eigenvalue weighted by Gasteiger charge is -2.24. The maximum atomic E-state index is 6.30. The largest absolute Gasteiger partial charge is 0.483 e. The molecule has 2 heterocycles. The SMILES string of the molecule is CC1(C)Cc2ccc3cc(C(N)C(C)(C)C)oc3c2O1. The minimum Gasteiger partial charge on any atom is -0.483 e. The van der Waals surface area contributed by atoms with E-state index in [0.717, 1.165) is 28.9 Å². The van der Waals surface area contributed by atoms with Gasteiger partial charge >= 0.3 is 0 Å². The van der Waals surface area contributed by atoms with Crippen LogP contribution in [0.3, 0.4) is 0 Å². The first-order valence-electron chi connectivity index (χ1n) is 7.17. The molecule has 3 heteroatoms. The van der Waals surface area contributed by atoms with Crippen LogP contribution in [0.1, 0.15) is 52.0 Å². The van der Waals surface area contributed by atoms with E-state index in [1.807, 2.05) is 6.07 Å². The Bertz CT molecular complexity index is 661. The van der Waals surface area contributed by atoms with Gasteiger partial charge in [-0.1, -0.05) is 32.9 Å². The highest BCUT2D eigenvalue weighted by atomic mass is 16.5. The minimum absolute atomic E-state index is 0.0306. The Morgan fingerprint density at radius 3 is 2.60 bits per heavy atom. The molecule has 1 aromatic heterocycles. The molecular weight excluding hydrogens is 250 g/mol. The van der Waals surface area contributed by atoms with Crippen molar-refractivity contribution in [3.8, 4) is 5.75 Å². The predicted octanol–water partition coefficient (Wildman–Crippen LogP) is 4.19. The van der Waals surface area contributed by atoms with Gasteiger partial charge in [-0.3, -0.25) is 0 Å². The molecule has 1 aromatic carbocycles. The highest BCUT2D eigenvalue weighted by molar-refractivity contribution is 5.86. The van der Waals surface area contributed by atoms with Gasteiger partial charge in [-0.25, -0.2) is 0 Å². The Kier molecular flexibility index (Phi) is 2.71. The van der Waals surface area contributed by atoms with Crippen LogP contribution in [-0.2, 0) is 6.42 Å². The number of nitrogens with two attached hydrogens (primary N) is 1. The summed E-state index contributed by atoms with van der Waals surface area (Å²) in [5.74, 6) is 1.72. The average molecular weight is 273 g/mol. The summed E-state index contributed by atoms with van der Waals surface area (Å²) in [6.07, 6.45) is 0.916. The van der Waals surface area contributed by atoms with Crippen LogP contribution in [0.15, 0.2) is 22.6 Å². The lowest BCUT2D eigenvalue weighted by molar-refractivity contribution is 0.138. The number of fused-ring (bicyclic) bond motifs is 3. The highest BCUT2D eigenvalue weighted by Crippen LogP contribution is 2.43. The Morgan fingerprint density at radius 2 is 1.95 bits per heavy atom. The molecule has 0 bridgehead atoms. The van der Waals surface area contributed by atoms with Crippen LogP contribution >= 0.6 is 0 Å². The zero-order valence-corrected chi connectivity index (χ0v) is 12.9. The molecule has 20 heavy (non-hydrogen) atoms. The number of ether oxygens (including phenoxy) is 1. The van der Waals surface area contributed by atoms with Crippen LogP contribution in [0.2, 0.25) is 0 Å². The van der Waals surface area contributed by atoms with Crippen LogP contribution in [0.25, 0.3) is 11.0 Å². The van der Waals surface area contributed by atoms with Crippen molar-refractivity contribution < 1.29 is 9.15 Å². The highest BCUT2D eigenvalue weighted by Gasteiger charge is 2.33. The standard InChI is InChI=1S/C17H23NO2/c1-16(2,3)15(18)12-8-10-6-7-11-9-17(4,5)20-14(11)13(10)19-12/h6-8,15H,9,18H2,1-5H3. The monoisotopic (exact) mass is 273 g/mol. The van der Waals surface area contributed by atoms with Crippen LogP contribution in [0.4, 0.5) is 0 Å². The van der Waals surface area contributed by atoms with Crippen molar-refractivity contribution >= 4 is 11.0 Å². The molecular formula is C17H23NO2. The summed E-state index contributed by atoms with van der Waals surface area (Å²) in [6.45, 7) is 10.6. The van der Waals surface area contributed by atoms with Crippen molar-refractivity contribution in [2.45, 2.75) is 52.7 Å². The second-order valence-electron chi connectivity index (χ2n) is 7.50. The van der Waals surface area contributed by atoms with Crippen LogP contribution in [0, 0.1) is 5.41 Å². The van der Waals surface area contributed by atoms with E-state index in [2.05, 4.69) is 46.8 Å². The molecule has 0 spiro atoms. The molecule has 3 nitrogen and oxygen atoms in total. The van der Waals surface area contributed by atoms with E-state index in [0.29, 0.717) is 0 Å². The number of benzene rings is 1. The van der Waals surface area contributed by atoms with E-state index >= 15 is 0 Å². The van der Waals surface area contributed by atoms with Gasteiger partial charge in [0.1, 0.15) is 11.4 Å². The zero-order valence-electron chi connectivity index (χ0n) is 12.9. The minimum atomic E-state index is -0.157. The third kappa shape index (κ3) is 2.10. The summed E-state index contributed by atoms with van der Waals surface area (Å²) >= 11 is 0. The van der Waals surface area contributed by atoms with Gasteiger partial charge in [0.25, 0.3) is 0 Å². The van der Waals surface area contributed by atoms with Gasteiger partial charge < -0.3 is 14.9 Å². The Balaban J connectivity index is 2.10. The van der Waals surface area contributed by atoms with Gasteiger partial charge in [-0.05, 0) is 25.3 Å². The molecule has 0 saturated heterocycles. The molecule has 1 unspecified atom stereocenters. The Hall–Kier alpha value is -1.48.